The number of rotatable bonds is 0. The topological polar surface area (TPSA) is 55.4 Å². The van der Waals surface area contributed by atoms with Gasteiger partial charge in [0.2, 0.25) is 0 Å². The molecule has 62 valence electrons. The molecule has 2 fully saturated rings. The van der Waals surface area contributed by atoms with Gasteiger partial charge in [-0.3, -0.25) is 0 Å². The Balaban J connectivity index is 2.22. The molecule has 2 heterocycles. The van der Waals surface area contributed by atoms with Crippen LogP contribution in [0, 0.1) is 0 Å². The SMILES string of the molecule is O=S1(=O)C[C@H]2NC(=S)O[C@@H]2C1. The number of hydrogen-bond donors (Lipinski definition) is 1. The number of sulfone groups is 1. The molecule has 2 aliphatic rings. The van der Waals surface area contributed by atoms with Crippen LogP contribution in [-0.2, 0) is 14.6 Å². The Kier molecular flexibility index (Phi) is 1.37. The van der Waals surface area contributed by atoms with Crippen molar-refractivity contribution in [3.05, 3.63) is 0 Å². The highest BCUT2D eigenvalue weighted by Gasteiger charge is 2.44. The largest absolute Gasteiger partial charge is 0.464 e. The van der Waals surface area contributed by atoms with E-state index in [1.165, 1.54) is 0 Å². The molecule has 11 heavy (non-hydrogen) atoms. The van der Waals surface area contributed by atoms with E-state index in [0.29, 0.717) is 5.17 Å². The molecule has 2 rings (SSSR count). The normalized spacial score (nSPS) is 39.5. The lowest BCUT2D eigenvalue weighted by Crippen LogP contribution is -2.30. The lowest BCUT2D eigenvalue weighted by molar-refractivity contribution is 0.243. The third kappa shape index (κ3) is 1.20. The minimum absolute atomic E-state index is 0.102. The summed E-state index contributed by atoms with van der Waals surface area (Å²) < 4.78 is 27.0. The van der Waals surface area contributed by atoms with Crippen molar-refractivity contribution in [2.45, 2.75) is 12.1 Å². The standard InChI is InChI=1S/C5H7NO3S2/c7-11(8)1-3-4(2-11)9-5(10)6-3/h3-4H,1-2H2,(H,6,10)/t3-,4-/m1/s1. The van der Waals surface area contributed by atoms with Gasteiger partial charge in [0, 0.05) is 0 Å². The second-order valence-corrected chi connectivity index (χ2v) is 5.30. The van der Waals surface area contributed by atoms with Crippen LogP contribution in [-0.4, -0.2) is 37.2 Å². The van der Waals surface area contributed by atoms with Crippen molar-refractivity contribution < 1.29 is 13.2 Å². The van der Waals surface area contributed by atoms with Gasteiger partial charge in [-0.25, -0.2) is 8.42 Å². The predicted octanol–water partition coefficient (Wildman–Crippen LogP) is -0.943. The Bertz CT molecular complexity index is 275. The molecule has 4 nitrogen and oxygen atoms in total. The van der Waals surface area contributed by atoms with Gasteiger partial charge in [-0.2, -0.15) is 0 Å². The number of fused-ring (bicyclic) bond motifs is 1. The number of nitrogens with one attached hydrogen (secondary N) is 1. The highest BCUT2D eigenvalue weighted by molar-refractivity contribution is 7.91. The zero-order valence-electron chi connectivity index (χ0n) is 5.61. The molecule has 0 aromatic rings. The molecule has 0 saturated carbocycles. The minimum Gasteiger partial charge on any atom is -0.464 e. The van der Waals surface area contributed by atoms with Crippen molar-refractivity contribution in [1.29, 1.82) is 0 Å². The van der Waals surface area contributed by atoms with Gasteiger partial charge in [-0.05, 0) is 12.2 Å². The maximum atomic E-state index is 11.0. The molecule has 0 spiro atoms. The van der Waals surface area contributed by atoms with E-state index in [4.69, 9.17) is 17.0 Å². The number of hydrogen-bond acceptors (Lipinski definition) is 4. The molecule has 0 amide bonds. The summed E-state index contributed by atoms with van der Waals surface area (Å²) in [5, 5.41) is 3.13. The highest BCUT2D eigenvalue weighted by atomic mass is 32.2. The van der Waals surface area contributed by atoms with Gasteiger partial charge in [0.1, 0.15) is 6.10 Å². The van der Waals surface area contributed by atoms with Crippen molar-refractivity contribution in [2.75, 3.05) is 11.5 Å². The number of thiocarbonyl (C=S) groups is 1. The summed E-state index contributed by atoms with van der Waals surface area (Å²) >= 11 is 4.72. The molecule has 0 unspecified atom stereocenters. The van der Waals surface area contributed by atoms with Crippen molar-refractivity contribution in [3.8, 4) is 0 Å². The maximum Gasteiger partial charge on any atom is 0.257 e. The molecule has 2 aliphatic heterocycles. The fourth-order valence-electron chi connectivity index (χ4n) is 1.39. The van der Waals surface area contributed by atoms with Crippen molar-refractivity contribution in [2.24, 2.45) is 0 Å². The summed E-state index contributed by atoms with van der Waals surface area (Å²) in [5.41, 5.74) is 0. The summed E-state index contributed by atoms with van der Waals surface area (Å²) in [7, 11) is -2.88. The van der Waals surface area contributed by atoms with Crippen LogP contribution in [0.3, 0.4) is 0 Å². The van der Waals surface area contributed by atoms with Gasteiger partial charge >= 0.3 is 0 Å². The van der Waals surface area contributed by atoms with Crippen LogP contribution in [0.25, 0.3) is 0 Å². The molecule has 0 aromatic heterocycles. The summed E-state index contributed by atoms with van der Waals surface area (Å²) in [6.45, 7) is 0. The third-order valence-electron chi connectivity index (χ3n) is 1.86. The smallest absolute Gasteiger partial charge is 0.257 e. The van der Waals surface area contributed by atoms with Gasteiger partial charge in [-0.1, -0.05) is 0 Å². The van der Waals surface area contributed by atoms with E-state index in [0.717, 1.165) is 0 Å². The van der Waals surface area contributed by atoms with Crippen LogP contribution in [0.2, 0.25) is 0 Å². The van der Waals surface area contributed by atoms with Crippen molar-refractivity contribution in [3.63, 3.8) is 0 Å². The van der Waals surface area contributed by atoms with Crippen molar-refractivity contribution in [1.82, 2.24) is 5.32 Å². The second-order valence-electron chi connectivity index (χ2n) is 2.77. The molecule has 6 heteroatoms. The Morgan fingerprint density at radius 2 is 2.27 bits per heavy atom. The number of ether oxygens (including phenoxy) is 1. The van der Waals surface area contributed by atoms with E-state index in [-0.39, 0.29) is 23.7 Å². The quantitative estimate of drug-likeness (QED) is 0.503. The van der Waals surface area contributed by atoms with Crippen LogP contribution < -0.4 is 5.32 Å². The Labute approximate surface area is 69.8 Å². The van der Waals surface area contributed by atoms with Gasteiger partial charge in [0.25, 0.3) is 5.17 Å². The van der Waals surface area contributed by atoms with Crippen LogP contribution >= 0.6 is 12.2 Å². The average molecular weight is 193 g/mol. The molecular weight excluding hydrogens is 186 g/mol. The first-order chi connectivity index (χ1) is 5.07. The third-order valence-corrected chi connectivity index (χ3v) is 3.78. The average Bonchev–Trinajstić information content (AvgIpc) is 2.17. The molecule has 0 bridgehead atoms. The van der Waals surface area contributed by atoms with E-state index < -0.39 is 9.84 Å². The lowest BCUT2D eigenvalue weighted by atomic mass is 10.2. The van der Waals surface area contributed by atoms with Gasteiger partial charge in [0.15, 0.2) is 9.84 Å². The maximum absolute atomic E-state index is 11.0. The molecule has 2 saturated heterocycles. The molecule has 1 N–H and O–H groups in total. The van der Waals surface area contributed by atoms with Crippen LogP contribution in [0.15, 0.2) is 0 Å². The first-order valence-corrected chi connectivity index (χ1v) is 5.47. The Morgan fingerprint density at radius 3 is 2.91 bits per heavy atom. The highest BCUT2D eigenvalue weighted by Crippen LogP contribution is 2.20. The van der Waals surface area contributed by atoms with Crippen LogP contribution in [0.4, 0.5) is 0 Å². The monoisotopic (exact) mass is 193 g/mol. The molecule has 0 aromatic carbocycles. The van der Waals surface area contributed by atoms with Gasteiger partial charge < -0.3 is 10.1 Å². The fourth-order valence-corrected chi connectivity index (χ4v) is 3.45. The molecule has 0 radical (unpaired) electrons. The van der Waals surface area contributed by atoms with E-state index in [9.17, 15) is 8.42 Å². The first kappa shape index (κ1) is 7.30. The zero-order valence-corrected chi connectivity index (χ0v) is 7.24. The van der Waals surface area contributed by atoms with E-state index >= 15 is 0 Å². The summed E-state index contributed by atoms with van der Waals surface area (Å²) in [6.07, 6.45) is -0.243. The Morgan fingerprint density at radius 1 is 1.55 bits per heavy atom. The van der Waals surface area contributed by atoms with Crippen LogP contribution in [0.5, 0.6) is 0 Å². The first-order valence-electron chi connectivity index (χ1n) is 3.24. The molecular formula is C5H7NO3S2. The summed E-state index contributed by atoms with van der Waals surface area (Å²) in [6, 6.07) is -0.104. The second kappa shape index (κ2) is 2.07. The molecule has 2 atom stereocenters. The van der Waals surface area contributed by atoms with Gasteiger partial charge in [-0.15, -0.1) is 0 Å². The van der Waals surface area contributed by atoms with Crippen molar-refractivity contribution >= 4 is 27.2 Å². The lowest BCUT2D eigenvalue weighted by Gasteiger charge is -2.00. The van der Waals surface area contributed by atoms with Gasteiger partial charge in [0.05, 0.1) is 17.5 Å². The predicted molar refractivity (Wildman–Crippen MR) is 43.0 cm³/mol. The van der Waals surface area contributed by atoms with E-state index in [1.807, 2.05) is 0 Å². The summed E-state index contributed by atoms with van der Waals surface area (Å²) in [5.74, 6) is 0.253. The van der Waals surface area contributed by atoms with E-state index in [1.54, 1.807) is 0 Å². The van der Waals surface area contributed by atoms with E-state index in [2.05, 4.69) is 5.32 Å². The van der Waals surface area contributed by atoms with Crippen LogP contribution in [0.1, 0.15) is 0 Å². The molecule has 0 aliphatic carbocycles. The zero-order chi connectivity index (χ0) is 8.06. The minimum atomic E-state index is -2.88. The Hall–Kier alpha value is -0.360. The fraction of sp³-hybridized carbons (Fsp3) is 0.800. The summed E-state index contributed by atoms with van der Waals surface area (Å²) in [4.78, 5) is 0.